The van der Waals surface area contributed by atoms with Crippen molar-refractivity contribution in [1.82, 2.24) is 0 Å². The molecule has 66 valence electrons. The first-order chi connectivity index (χ1) is 6.29. The Hall–Kier alpha value is -1.70. The number of benzene rings is 1. The largest absolute Gasteiger partial charge is 0.317 e. The summed E-state index contributed by atoms with van der Waals surface area (Å²) in [6.07, 6.45) is 0.521. The molecular formula is C10H9NO2. The van der Waals surface area contributed by atoms with Gasteiger partial charge in [-0.15, -0.1) is 0 Å². The van der Waals surface area contributed by atoms with Crippen molar-refractivity contribution >= 4 is 17.8 Å². The van der Waals surface area contributed by atoms with Gasteiger partial charge in [-0.1, -0.05) is 30.3 Å². The summed E-state index contributed by atoms with van der Waals surface area (Å²) < 4.78 is 0. The summed E-state index contributed by atoms with van der Waals surface area (Å²) in [7, 11) is 0. The summed E-state index contributed by atoms with van der Waals surface area (Å²) in [6, 6.07) is 7.89. The average Bonchev–Trinajstić information content (AvgIpc) is 2.20. The topological polar surface area (TPSA) is 60.2 Å². The second-order valence-corrected chi connectivity index (χ2v) is 2.54. The lowest BCUT2D eigenvalue weighted by molar-refractivity contribution is -0.107. The highest BCUT2D eigenvalue weighted by atomic mass is 16.1. The Bertz CT molecular complexity index is 339. The minimum Gasteiger partial charge on any atom is -0.317 e. The third kappa shape index (κ3) is 2.12. The van der Waals surface area contributed by atoms with Gasteiger partial charge in [0.25, 0.3) is 0 Å². The molecule has 0 radical (unpaired) electrons. The molecule has 0 heterocycles. The third-order valence-electron chi connectivity index (χ3n) is 1.67. The van der Waals surface area contributed by atoms with E-state index in [1.807, 2.05) is 6.07 Å². The lowest BCUT2D eigenvalue weighted by Crippen LogP contribution is -2.23. The van der Waals surface area contributed by atoms with Gasteiger partial charge >= 0.3 is 0 Å². The smallest absolute Gasteiger partial charge is 0.142 e. The molecule has 3 heteroatoms. The summed E-state index contributed by atoms with van der Waals surface area (Å²) in [5.41, 5.74) is 6.22. The van der Waals surface area contributed by atoms with Crippen LogP contribution in [0.5, 0.6) is 0 Å². The summed E-state index contributed by atoms with van der Waals surface area (Å²) >= 11 is 0. The molecular weight excluding hydrogens is 166 g/mol. The van der Waals surface area contributed by atoms with Crippen molar-refractivity contribution < 1.29 is 9.59 Å². The number of hydrogen-bond acceptors (Lipinski definition) is 3. The maximum absolute atomic E-state index is 10.5. The van der Waals surface area contributed by atoms with Gasteiger partial charge < -0.3 is 10.5 Å². The SMILES string of the molecule is N[C@H](C=O)C(=C=O)c1ccccc1. The molecule has 0 spiro atoms. The van der Waals surface area contributed by atoms with E-state index in [-0.39, 0.29) is 5.57 Å². The van der Waals surface area contributed by atoms with Crippen LogP contribution in [0.1, 0.15) is 5.56 Å². The van der Waals surface area contributed by atoms with Gasteiger partial charge in [-0.2, -0.15) is 0 Å². The number of carbonyl (C=O) groups excluding carboxylic acids is 2. The summed E-state index contributed by atoms with van der Waals surface area (Å²) in [6.45, 7) is 0. The molecule has 1 aromatic carbocycles. The minimum absolute atomic E-state index is 0.190. The molecule has 0 amide bonds. The van der Waals surface area contributed by atoms with E-state index in [4.69, 9.17) is 5.73 Å². The molecule has 3 nitrogen and oxygen atoms in total. The van der Waals surface area contributed by atoms with Crippen LogP contribution in [0.2, 0.25) is 0 Å². The Morgan fingerprint density at radius 2 is 2.00 bits per heavy atom. The van der Waals surface area contributed by atoms with Gasteiger partial charge in [0, 0.05) is 0 Å². The number of carbonyl (C=O) groups is 1. The van der Waals surface area contributed by atoms with Crippen molar-refractivity contribution in [3.63, 3.8) is 0 Å². The highest BCUT2D eigenvalue weighted by Gasteiger charge is 2.10. The Kier molecular flexibility index (Phi) is 3.15. The summed E-state index contributed by atoms with van der Waals surface area (Å²) in [5, 5.41) is 0. The van der Waals surface area contributed by atoms with E-state index in [9.17, 15) is 9.59 Å². The molecule has 0 saturated carbocycles. The van der Waals surface area contributed by atoms with Crippen molar-refractivity contribution in [3.05, 3.63) is 35.9 Å². The second-order valence-electron chi connectivity index (χ2n) is 2.54. The van der Waals surface area contributed by atoms with Crippen molar-refractivity contribution in [2.24, 2.45) is 5.73 Å². The van der Waals surface area contributed by atoms with Gasteiger partial charge in [0.1, 0.15) is 12.2 Å². The molecule has 1 aromatic rings. The van der Waals surface area contributed by atoms with Crippen LogP contribution in [-0.4, -0.2) is 18.3 Å². The normalized spacial score (nSPS) is 11.5. The van der Waals surface area contributed by atoms with E-state index < -0.39 is 6.04 Å². The van der Waals surface area contributed by atoms with Crippen molar-refractivity contribution in [1.29, 1.82) is 0 Å². The maximum Gasteiger partial charge on any atom is 0.142 e. The average molecular weight is 175 g/mol. The molecule has 1 rings (SSSR count). The lowest BCUT2D eigenvalue weighted by atomic mass is 10.0. The molecule has 0 aliphatic carbocycles. The summed E-state index contributed by atoms with van der Waals surface area (Å²) in [4.78, 5) is 20.9. The number of nitrogens with two attached hydrogens (primary N) is 1. The third-order valence-corrected chi connectivity index (χ3v) is 1.67. The molecule has 0 saturated heterocycles. The van der Waals surface area contributed by atoms with Gasteiger partial charge in [-0.25, -0.2) is 4.79 Å². The highest BCUT2D eigenvalue weighted by Crippen LogP contribution is 2.12. The fourth-order valence-corrected chi connectivity index (χ4v) is 1.01. The molecule has 0 unspecified atom stereocenters. The first-order valence-corrected chi connectivity index (χ1v) is 3.81. The Labute approximate surface area is 75.9 Å². The molecule has 0 fully saturated rings. The van der Waals surface area contributed by atoms with Gasteiger partial charge in [-0.3, -0.25) is 0 Å². The number of hydrogen-bond donors (Lipinski definition) is 1. The highest BCUT2D eigenvalue weighted by molar-refractivity contribution is 5.97. The van der Waals surface area contributed by atoms with E-state index in [1.165, 1.54) is 0 Å². The second kappa shape index (κ2) is 4.36. The van der Waals surface area contributed by atoms with E-state index >= 15 is 0 Å². The Morgan fingerprint density at radius 1 is 1.38 bits per heavy atom. The summed E-state index contributed by atoms with van der Waals surface area (Å²) in [5.74, 6) is 1.68. The van der Waals surface area contributed by atoms with Crippen LogP contribution in [0.15, 0.2) is 30.3 Å². The Morgan fingerprint density at radius 3 is 2.46 bits per heavy atom. The number of aldehydes is 1. The molecule has 2 N–H and O–H groups in total. The van der Waals surface area contributed by atoms with Gasteiger partial charge in [0.2, 0.25) is 0 Å². The molecule has 0 aliphatic heterocycles. The predicted octanol–water partition coefficient (Wildman–Crippen LogP) is 0.428. The Balaban J connectivity index is 3.06. The fourth-order valence-electron chi connectivity index (χ4n) is 1.01. The standard InChI is InChI=1S/C10H9NO2/c11-10(7-13)9(6-12)8-4-2-1-3-5-8/h1-5,7,10H,11H2/t10-/m1/s1. The lowest BCUT2D eigenvalue weighted by Gasteiger charge is -2.04. The number of rotatable bonds is 3. The van der Waals surface area contributed by atoms with Crippen LogP contribution >= 0.6 is 0 Å². The first kappa shape index (κ1) is 9.39. The maximum atomic E-state index is 10.5. The predicted molar refractivity (Wildman–Crippen MR) is 49.6 cm³/mol. The van der Waals surface area contributed by atoms with E-state index in [1.54, 1.807) is 30.2 Å². The first-order valence-electron chi connectivity index (χ1n) is 3.81. The monoisotopic (exact) mass is 175 g/mol. The quantitative estimate of drug-likeness (QED) is 0.535. The van der Waals surface area contributed by atoms with Crippen molar-refractivity contribution in [2.45, 2.75) is 6.04 Å². The van der Waals surface area contributed by atoms with Crippen LogP contribution < -0.4 is 5.73 Å². The van der Waals surface area contributed by atoms with Gasteiger partial charge in [-0.05, 0) is 5.56 Å². The van der Waals surface area contributed by atoms with Crippen LogP contribution in [0, 0.1) is 0 Å². The van der Waals surface area contributed by atoms with Gasteiger partial charge in [0.05, 0.1) is 11.6 Å². The van der Waals surface area contributed by atoms with Crippen LogP contribution in [-0.2, 0) is 9.59 Å². The minimum atomic E-state index is -0.889. The van der Waals surface area contributed by atoms with Gasteiger partial charge in [0.15, 0.2) is 0 Å². The van der Waals surface area contributed by atoms with E-state index in [2.05, 4.69) is 0 Å². The van der Waals surface area contributed by atoms with Crippen LogP contribution in [0.3, 0.4) is 0 Å². The zero-order valence-corrected chi connectivity index (χ0v) is 6.94. The molecule has 0 aromatic heterocycles. The van der Waals surface area contributed by atoms with Crippen LogP contribution in [0.25, 0.3) is 5.57 Å². The van der Waals surface area contributed by atoms with E-state index in [0.717, 1.165) is 0 Å². The fraction of sp³-hybridized carbons (Fsp3) is 0.100. The zero-order chi connectivity index (χ0) is 9.68. The van der Waals surface area contributed by atoms with E-state index in [0.29, 0.717) is 11.8 Å². The van der Waals surface area contributed by atoms with Crippen molar-refractivity contribution in [2.75, 3.05) is 0 Å². The molecule has 13 heavy (non-hydrogen) atoms. The van der Waals surface area contributed by atoms with Crippen LogP contribution in [0.4, 0.5) is 0 Å². The van der Waals surface area contributed by atoms with Crippen molar-refractivity contribution in [3.8, 4) is 0 Å². The molecule has 0 aliphatic rings. The molecule has 0 bridgehead atoms. The zero-order valence-electron chi connectivity index (χ0n) is 6.94. The molecule has 1 atom stereocenters.